The third-order valence-electron chi connectivity index (χ3n) is 3.44. The Morgan fingerprint density at radius 2 is 2.14 bits per heavy atom. The van der Waals surface area contributed by atoms with Gasteiger partial charge in [0.25, 0.3) is 0 Å². The normalized spacial score (nSPS) is 13.0. The van der Waals surface area contributed by atoms with Gasteiger partial charge in [0, 0.05) is 12.6 Å². The molecule has 0 spiro atoms. The van der Waals surface area contributed by atoms with Gasteiger partial charge < -0.3 is 20.1 Å². The zero-order valence-corrected chi connectivity index (χ0v) is 13.0. The monoisotopic (exact) mass is 291 g/mol. The largest absolute Gasteiger partial charge is 0.494 e. The van der Waals surface area contributed by atoms with Crippen LogP contribution in [0.15, 0.2) is 18.2 Å². The molecule has 2 rings (SSSR count). The average Bonchev–Trinajstić information content (AvgIpc) is 2.77. The van der Waals surface area contributed by atoms with Crippen LogP contribution in [0.2, 0.25) is 0 Å². The van der Waals surface area contributed by atoms with Crippen LogP contribution < -0.4 is 10.5 Å². The van der Waals surface area contributed by atoms with E-state index >= 15 is 0 Å². The molecule has 1 aromatic carbocycles. The topological polar surface area (TPSA) is 73.3 Å². The molecule has 0 amide bonds. The third-order valence-corrected chi connectivity index (χ3v) is 3.44. The van der Waals surface area contributed by atoms with E-state index in [0.717, 1.165) is 29.0 Å². The van der Waals surface area contributed by atoms with E-state index < -0.39 is 0 Å². The number of aliphatic hydroxyl groups is 1. The maximum atomic E-state index is 9.31. The molecule has 0 saturated carbocycles. The van der Waals surface area contributed by atoms with Gasteiger partial charge in [0.15, 0.2) is 0 Å². The Kier molecular flexibility index (Phi) is 5.20. The van der Waals surface area contributed by atoms with E-state index in [0.29, 0.717) is 19.1 Å². The molecule has 1 atom stereocenters. The molecule has 1 heterocycles. The quantitative estimate of drug-likeness (QED) is 0.822. The number of nitrogens with zero attached hydrogens (tertiary/aromatic N) is 2. The second kappa shape index (κ2) is 6.91. The molecule has 116 valence electrons. The molecule has 0 aliphatic carbocycles. The van der Waals surface area contributed by atoms with Crippen LogP contribution in [0, 0.1) is 5.92 Å². The van der Waals surface area contributed by atoms with Crippen molar-refractivity contribution in [3.05, 3.63) is 24.0 Å². The summed E-state index contributed by atoms with van der Waals surface area (Å²) in [6, 6.07) is 5.71. The van der Waals surface area contributed by atoms with Gasteiger partial charge in [-0.25, -0.2) is 4.98 Å². The minimum Gasteiger partial charge on any atom is -0.494 e. The van der Waals surface area contributed by atoms with E-state index in [1.165, 1.54) is 0 Å². The molecular weight excluding hydrogens is 266 g/mol. The number of hydrogen-bond acceptors (Lipinski definition) is 4. The molecule has 5 heteroatoms. The molecule has 5 nitrogen and oxygen atoms in total. The van der Waals surface area contributed by atoms with Gasteiger partial charge >= 0.3 is 0 Å². The predicted octanol–water partition coefficient (Wildman–Crippen LogP) is 2.47. The lowest BCUT2D eigenvalue weighted by molar-refractivity contribution is 0.274. The highest BCUT2D eigenvalue weighted by atomic mass is 16.5. The number of aliphatic hydroxyl groups excluding tert-OH is 1. The number of aromatic nitrogens is 2. The van der Waals surface area contributed by atoms with Crippen LogP contribution in [0.25, 0.3) is 11.0 Å². The van der Waals surface area contributed by atoms with Gasteiger partial charge in [-0.1, -0.05) is 13.8 Å². The molecule has 0 saturated heterocycles. The van der Waals surface area contributed by atoms with E-state index in [-0.39, 0.29) is 12.6 Å². The van der Waals surface area contributed by atoms with Crippen molar-refractivity contribution in [2.75, 3.05) is 13.2 Å². The SMILES string of the molecule is CCOc1ccc2c(c1)nc(C(N)CC(C)C)n2CCO. The number of rotatable bonds is 7. The number of nitrogens with two attached hydrogens (primary N) is 1. The van der Waals surface area contributed by atoms with Crippen LogP contribution in [-0.2, 0) is 6.54 Å². The molecule has 0 aliphatic rings. The fourth-order valence-corrected chi connectivity index (χ4v) is 2.62. The summed E-state index contributed by atoms with van der Waals surface area (Å²) >= 11 is 0. The minimum atomic E-state index is -0.125. The summed E-state index contributed by atoms with van der Waals surface area (Å²) in [4.78, 5) is 4.67. The Hall–Kier alpha value is -1.59. The summed E-state index contributed by atoms with van der Waals surface area (Å²) in [6.45, 7) is 7.45. The number of benzene rings is 1. The fraction of sp³-hybridized carbons (Fsp3) is 0.562. The second-order valence-corrected chi connectivity index (χ2v) is 5.66. The summed E-state index contributed by atoms with van der Waals surface area (Å²) in [5, 5.41) is 9.31. The zero-order chi connectivity index (χ0) is 15.4. The first-order valence-corrected chi connectivity index (χ1v) is 7.56. The lowest BCUT2D eigenvalue weighted by Gasteiger charge is -2.15. The standard InChI is InChI=1S/C16H25N3O2/c1-4-21-12-5-6-15-14(10-12)18-16(19(15)7-8-20)13(17)9-11(2)3/h5-6,10-11,13,20H,4,7-9,17H2,1-3H3. The number of fused-ring (bicyclic) bond motifs is 1. The van der Waals surface area contributed by atoms with Crippen molar-refractivity contribution in [1.82, 2.24) is 9.55 Å². The van der Waals surface area contributed by atoms with E-state index in [9.17, 15) is 5.11 Å². The lowest BCUT2D eigenvalue weighted by Crippen LogP contribution is -2.19. The molecular formula is C16H25N3O2. The first kappa shape index (κ1) is 15.8. The van der Waals surface area contributed by atoms with Crippen LogP contribution in [0.4, 0.5) is 0 Å². The maximum absolute atomic E-state index is 9.31. The summed E-state index contributed by atoms with van der Waals surface area (Å²) in [5.74, 6) is 2.14. The molecule has 0 bridgehead atoms. The summed E-state index contributed by atoms with van der Waals surface area (Å²) in [7, 11) is 0. The van der Waals surface area contributed by atoms with Crippen LogP contribution >= 0.6 is 0 Å². The number of hydrogen-bond donors (Lipinski definition) is 2. The highest BCUT2D eigenvalue weighted by Crippen LogP contribution is 2.26. The van der Waals surface area contributed by atoms with Crippen LogP contribution in [0.5, 0.6) is 5.75 Å². The number of ether oxygens (including phenoxy) is 1. The zero-order valence-electron chi connectivity index (χ0n) is 13.0. The van der Waals surface area contributed by atoms with E-state index in [2.05, 4.69) is 18.8 Å². The Labute approximate surface area is 125 Å². The molecule has 0 aliphatic heterocycles. The van der Waals surface area contributed by atoms with Crippen molar-refractivity contribution in [1.29, 1.82) is 0 Å². The number of imidazole rings is 1. The fourth-order valence-electron chi connectivity index (χ4n) is 2.62. The highest BCUT2D eigenvalue weighted by Gasteiger charge is 2.18. The molecule has 1 unspecified atom stereocenters. The highest BCUT2D eigenvalue weighted by molar-refractivity contribution is 5.78. The van der Waals surface area contributed by atoms with Gasteiger partial charge in [-0.2, -0.15) is 0 Å². The van der Waals surface area contributed by atoms with Gasteiger partial charge in [-0.05, 0) is 31.4 Å². The van der Waals surface area contributed by atoms with Gasteiger partial charge in [0.2, 0.25) is 0 Å². The maximum Gasteiger partial charge on any atom is 0.126 e. The van der Waals surface area contributed by atoms with Crippen molar-refractivity contribution in [2.24, 2.45) is 11.7 Å². The summed E-state index contributed by atoms with van der Waals surface area (Å²) < 4.78 is 7.53. The van der Waals surface area contributed by atoms with Crippen LogP contribution in [0.1, 0.15) is 39.1 Å². The second-order valence-electron chi connectivity index (χ2n) is 5.66. The van der Waals surface area contributed by atoms with Crippen molar-refractivity contribution >= 4 is 11.0 Å². The first-order valence-electron chi connectivity index (χ1n) is 7.56. The molecule has 1 aromatic heterocycles. The molecule has 21 heavy (non-hydrogen) atoms. The Morgan fingerprint density at radius 3 is 2.76 bits per heavy atom. The summed E-state index contributed by atoms with van der Waals surface area (Å²) in [5.41, 5.74) is 8.14. The molecule has 3 N–H and O–H groups in total. The van der Waals surface area contributed by atoms with E-state index in [1.54, 1.807) is 0 Å². The van der Waals surface area contributed by atoms with Crippen molar-refractivity contribution in [2.45, 2.75) is 39.8 Å². The van der Waals surface area contributed by atoms with Crippen molar-refractivity contribution in [3.63, 3.8) is 0 Å². The van der Waals surface area contributed by atoms with Gasteiger partial charge in [-0.15, -0.1) is 0 Å². The van der Waals surface area contributed by atoms with Gasteiger partial charge in [0.05, 0.1) is 30.3 Å². The lowest BCUT2D eigenvalue weighted by atomic mass is 10.0. The van der Waals surface area contributed by atoms with Crippen LogP contribution in [-0.4, -0.2) is 27.9 Å². The Bertz CT molecular complexity index is 592. The smallest absolute Gasteiger partial charge is 0.126 e. The van der Waals surface area contributed by atoms with Crippen molar-refractivity contribution in [3.8, 4) is 5.75 Å². The first-order chi connectivity index (χ1) is 10.1. The minimum absolute atomic E-state index is 0.0695. The van der Waals surface area contributed by atoms with Gasteiger partial charge in [-0.3, -0.25) is 0 Å². The van der Waals surface area contributed by atoms with Crippen LogP contribution in [0.3, 0.4) is 0 Å². The molecule has 0 radical (unpaired) electrons. The molecule has 0 fully saturated rings. The Morgan fingerprint density at radius 1 is 1.38 bits per heavy atom. The predicted molar refractivity (Wildman–Crippen MR) is 84.4 cm³/mol. The van der Waals surface area contributed by atoms with E-state index in [1.807, 2.05) is 29.7 Å². The average molecular weight is 291 g/mol. The van der Waals surface area contributed by atoms with E-state index in [4.69, 9.17) is 10.5 Å². The van der Waals surface area contributed by atoms with Gasteiger partial charge in [0.1, 0.15) is 11.6 Å². The third kappa shape index (κ3) is 3.54. The van der Waals surface area contributed by atoms with Crippen molar-refractivity contribution < 1.29 is 9.84 Å². The Balaban J connectivity index is 2.45. The summed E-state index contributed by atoms with van der Waals surface area (Å²) in [6.07, 6.45) is 0.868. The molecule has 2 aromatic rings.